The Balaban J connectivity index is 1.30. The summed E-state index contributed by atoms with van der Waals surface area (Å²) in [6, 6.07) is 6.18. The van der Waals surface area contributed by atoms with Crippen LogP contribution in [0.3, 0.4) is 0 Å². The monoisotopic (exact) mass is 659 g/mol. The molecule has 3 fully saturated rings. The highest BCUT2D eigenvalue weighted by atomic mass is 35.5. The summed E-state index contributed by atoms with van der Waals surface area (Å²) in [6.45, 7) is 9.72. The number of fused-ring (bicyclic) bond motifs is 1. The van der Waals surface area contributed by atoms with Crippen LogP contribution in [0.4, 0.5) is 24.7 Å². The summed E-state index contributed by atoms with van der Waals surface area (Å²) in [4.78, 5) is 29.9. The number of nitriles is 1. The van der Waals surface area contributed by atoms with Crippen molar-refractivity contribution in [2.45, 2.75) is 44.4 Å². The van der Waals surface area contributed by atoms with Gasteiger partial charge in [-0.25, -0.2) is 0 Å². The molecule has 2 aromatic rings. The second kappa shape index (κ2) is 13.3. The molecule has 246 valence electrons. The summed E-state index contributed by atoms with van der Waals surface area (Å²) in [7, 11) is 0. The van der Waals surface area contributed by atoms with Crippen LogP contribution >= 0.6 is 11.6 Å². The van der Waals surface area contributed by atoms with Crippen LogP contribution in [0.5, 0.6) is 6.01 Å². The van der Waals surface area contributed by atoms with E-state index < -0.39 is 11.7 Å². The van der Waals surface area contributed by atoms with Crippen LogP contribution in [-0.4, -0.2) is 97.4 Å². The second-order valence-corrected chi connectivity index (χ2v) is 12.8. The number of rotatable bonds is 9. The van der Waals surface area contributed by atoms with E-state index in [1.165, 1.54) is 24.3 Å². The lowest BCUT2D eigenvalue weighted by Crippen LogP contribution is -2.55. The Morgan fingerprint density at radius 3 is 2.65 bits per heavy atom. The lowest BCUT2D eigenvalue weighted by Gasteiger charge is -2.42. The zero-order valence-corrected chi connectivity index (χ0v) is 26.3. The first kappa shape index (κ1) is 32.3. The Morgan fingerprint density at radius 2 is 1.96 bits per heavy atom. The van der Waals surface area contributed by atoms with Crippen molar-refractivity contribution in [3.63, 3.8) is 0 Å². The number of carbonyl (C=O) groups excluding carboxylic acids is 1. The molecule has 3 aliphatic heterocycles. The zero-order valence-electron chi connectivity index (χ0n) is 25.6. The Bertz CT molecular complexity index is 1510. The van der Waals surface area contributed by atoms with Gasteiger partial charge in [0.15, 0.2) is 0 Å². The van der Waals surface area contributed by atoms with Gasteiger partial charge < -0.3 is 24.2 Å². The molecule has 1 aromatic heterocycles. The van der Waals surface area contributed by atoms with E-state index >= 15 is 0 Å². The van der Waals surface area contributed by atoms with E-state index in [2.05, 4.69) is 17.5 Å². The molecular formula is C32H37ClF3N7O3. The molecule has 1 saturated carbocycles. The van der Waals surface area contributed by atoms with E-state index in [4.69, 9.17) is 31.0 Å². The van der Waals surface area contributed by atoms with Gasteiger partial charge in [-0.15, -0.1) is 0 Å². The average molecular weight is 660 g/mol. The highest BCUT2D eigenvalue weighted by molar-refractivity contribution is 6.31. The van der Waals surface area contributed by atoms with Crippen LogP contribution in [-0.2, 0) is 28.7 Å². The van der Waals surface area contributed by atoms with Gasteiger partial charge in [-0.05, 0) is 37.5 Å². The molecule has 0 spiro atoms. The van der Waals surface area contributed by atoms with Crippen molar-refractivity contribution in [3.8, 4) is 12.1 Å². The fourth-order valence-corrected chi connectivity index (χ4v) is 6.97. The normalized spacial score (nSPS) is 21.4. The number of alkyl halides is 3. The van der Waals surface area contributed by atoms with Crippen molar-refractivity contribution in [3.05, 3.63) is 52.7 Å². The van der Waals surface area contributed by atoms with Crippen molar-refractivity contribution in [2.75, 3.05) is 75.4 Å². The van der Waals surface area contributed by atoms with Gasteiger partial charge in [0.05, 0.1) is 66.9 Å². The minimum Gasteiger partial charge on any atom is -0.463 e. The Morgan fingerprint density at radius 1 is 1.17 bits per heavy atom. The molecular weight excluding hydrogens is 623 g/mol. The Kier molecular flexibility index (Phi) is 9.32. The van der Waals surface area contributed by atoms with E-state index in [9.17, 15) is 23.2 Å². The lowest BCUT2D eigenvalue weighted by atomic mass is 10.0. The van der Waals surface area contributed by atoms with E-state index in [-0.39, 0.29) is 47.1 Å². The van der Waals surface area contributed by atoms with Gasteiger partial charge in [-0.3, -0.25) is 9.69 Å². The molecule has 1 aromatic carbocycles. The first-order valence-corrected chi connectivity index (χ1v) is 16.0. The number of hydrogen-bond acceptors (Lipinski definition) is 9. The summed E-state index contributed by atoms with van der Waals surface area (Å²) >= 11 is 6.06. The quantitative estimate of drug-likeness (QED) is 0.365. The van der Waals surface area contributed by atoms with Crippen molar-refractivity contribution in [1.29, 1.82) is 5.26 Å². The highest BCUT2D eigenvalue weighted by Crippen LogP contribution is 2.47. The average Bonchev–Trinajstić information content (AvgIpc) is 3.81. The summed E-state index contributed by atoms with van der Waals surface area (Å²) in [6.07, 6.45) is -0.788. The number of aromatic nitrogens is 2. The first-order chi connectivity index (χ1) is 22.1. The van der Waals surface area contributed by atoms with Gasteiger partial charge in [0, 0.05) is 56.8 Å². The highest BCUT2D eigenvalue weighted by Gasteiger charge is 2.45. The molecule has 1 amide bonds. The van der Waals surface area contributed by atoms with E-state index in [1.54, 1.807) is 9.80 Å². The number of ether oxygens (including phenoxy) is 2. The van der Waals surface area contributed by atoms with E-state index in [1.807, 2.05) is 4.90 Å². The predicted molar refractivity (Wildman–Crippen MR) is 166 cm³/mol. The van der Waals surface area contributed by atoms with Crippen molar-refractivity contribution >= 4 is 29.0 Å². The molecule has 1 atom stereocenters. The van der Waals surface area contributed by atoms with Crippen LogP contribution in [0, 0.1) is 16.7 Å². The van der Waals surface area contributed by atoms with Crippen LogP contribution in [0.15, 0.2) is 30.9 Å². The van der Waals surface area contributed by atoms with E-state index in [0.29, 0.717) is 63.9 Å². The molecule has 10 nitrogen and oxygen atoms in total. The van der Waals surface area contributed by atoms with Gasteiger partial charge in [-0.2, -0.15) is 28.4 Å². The molecule has 1 unspecified atom stereocenters. The van der Waals surface area contributed by atoms with Crippen molar-refractivity contribution < 1.29 is 27.4 Å². The number of halogens is 4. The number of anilines is 2. The second-order valence-electron chi connectivity index (χ2n) is 12.4. The first-order valence-electron chi connectivity index (χ1n) is 15.6. The number of morpholine rings is 1. The third-order valence-corrected chi connectivity index (χ3v) is 9.65. The van der Waals surface area contributed by atoms with Gasteiger partial charge in [0.1, 0.15) is 5.82 Å². The summed E-state index contributed by atoms with van der Waals surface area (Å²) in [5.41, 5.74) is 0.541. The number of piperazine rings is 1. The molecule has 4 heterocycles. The molecule has 46 heavy (non-hydrogen) atoms. The lowest BCUT2D eigenvalue weighted by molar-refractivity contribution is -0.137. The number of amides is 1. The van der Waals surface area contributed by atoms with Crippen molar-refractivity contribution in [2.24, 2.45) is 5.41 Å². The van der Waals surface area contributed by atoms with Gasteiger partial charge >= 0.3 is 12.2 Å². The summed E-state index contributed by atoms with van der Waals surface area (Å²) < 4.78 is 54.1. The number of hydrogen-bond donors (Lipinski definition) is 0. The van der Waals surface area contributed by atoms with Crippen LogP contribution < -0.4 is 14.5 Å². The van der Waals surface area contributed by atoms with Gasteiger partial charge in [0.25, 0.3) is 0 Å². The Hall–Kier alpha value is -3.60. The zero-order chi connectivity index (χ0) is 32.5. The number of carbonyl (C=O) groups is 1. The minimum atomic E-state index is -4.63. The van der Waals surface area contributed by atoms with E-state index in [0.717, 1.165) is 38.0 Å². The fraction of sp³-hybridized carbons (Fsp3) is 0.562. The predicted octanol–water partition coefficient (Wildman–Crippen LogP) is 4.32. The SMILES string of the molecule is C=CC(=O)N1CCN(c2nc(OCC3(CN4CCOCC4)CC3)nc3c2CCN(c2cccc(Cl)c2C(F)(F)F)C3)CC1CC#N. The molecule has 1 aliphatic carbocycles. The smallest absolute Gasteiger partial charge is 0.419 e. The maximum atomic E-state index is 14.1. The molecule has 4 aliphatic rings. The van der Waals surface area contributed by atoms with Crippen LogP contribution in [0.1, 0.15) is 36.1 Å². The Labute approximate surface area is 271 Å². The standard InChI is InChI=1S/C32H37ClF3N7O3/c1-2-27(44)43-13-12-42(18-22(43)6-10-37)29-23-7-11-41(26-5-3-4-24(33)28(26)32(34,35)36)19-25(23)38-30(39-29)46-21-31(8-9-31)20-40-14-16-45-17-15-40/h2-5,22H,1,6-9,11-21H2. The molecule has 0 N–H and O–H groups in total. The van der Waals surface area contributed by atoms with Crippen LogP contribution in [0.2, 0.25) is 5.02 Å². The minimum absolute atomic E-state index is 0.000233. The third kappa shape index (κ3) is 6.89. The maximum Gasteiger partial charge on any atom is 0.419 e. The topological polar surface area (TPSA) is 98.1 Å². The maximum absolute atomic E-state index is 14.1. The summed E-state index contributed by atoms with van der Waals surface area (Å²) in [5.74, 6) is 0.398. The molecule has 6 rings (SSSR count). The van der Waals surface area contributed by atoms with Crippen LogP contribution in [0.25, 0.3) is 0 Å². The summed E-state index contributed by atoms with van der Waals surface area (Å²) in [5, 5.41) is 9.15. The fourth-order valence-electron chi connectivity index (χ4n) is 6.69. The number of benzene rings is 1. The van der Waals surface area contributed by atoms with Gasteiger partial charge in [0.2, 0.25) is 5.91 Å². The third-order valence-electron chi connectivity index (χ3n) is 9.33. The molecule has 0 radical (unpaired) electrons. The largest absolute Gasteiger partial charge is 0.463 e. The molecule has 14 heteroatoms. The molecule has 0 bridgehead atoms. The number of nitrogens with zero attached hydrogens (tertiary/aromatic N) is 7. The molecule has 2 saturated heterocycles. The van der Waals surface area contributed by atoms with Gasteiger partial charge in [-0.1, -0.05) is 24.2 Å². The van der Waals surface area contributed by atoms with Crippen molar-refractivity contribution in [1.82, 2.24) is 19.8 Å².